The van der Waals surface area contributed by atoms with Gasteiger partial charge in [0.15, 0.2) is 0 Å². The molecular weight excluding hydrogens is 286 g/mol. The molecule has 9 heteroatoms. The van der Waals surface area contributed by atoms with Crippen LogP contribution in [0.1, 0.15) is 18.4 Å². The van der Waals surface area contributed by atoms with Crippen LogP contribution in [0.3, 0.4) is 0 Å². The minimum Gasteiger partial charge on any atom is -0.393 e. The van der Waals surface area contributed by atoms with Crippen molar-refractivity contribution < 1.29 is 9.90 Å². The van der Waals surface area contributed by atoms with Crippen LogP contribution < -0.4 is 16.7 Å². The van der Waals surface area contributed by atoms with Crippen molar-refractivity contribution in [2.45, 2.75) is 26.0 Å². The number of carbonyl (C=O) groups is 1. The highest BCUT2D eigenvalue weighted by atomic mass is 16.3. The van der Waals surface area contributed by atoms with E-state index in [-0.39, 0.29) is 0 Å². The third-order valence-electron chi connectivity index (χ3n) is 3.18. The second kappa shape index (κ2) is 6.60. The average Bonchev–Trinajstić information content (AvgIpc) is 3.02. The molecule has 22 heavy (non-hydrogen) atoms. The summed E-state index contributed by atoms with van der Waals surface area (Å²) >= 11 is 0. The Hall–Kier alpha value is -2.36. The molecule has 2 rings (SSSR count). The second-order valence-corrected chi connectivity index (χ2v) is 5.04. The molecular formula is C13H21N7O2. The minimum atomic E-state index is -0.482. The van der Waals surface area contributed by atoms with Crippen molar-refractivity contribution in [1.29, 1.82) is 0 Å². The molecule has 1 aliphatic rings. The molecule has 2 heterocycles. The van der Waals surface area contributed by atoms with Crippen LogP contribution in [0, 0.1) is 0 Å². The number of aliphatic hydroxyl groups excluding tert-OH is 1. The van der Waals surface area contributed by atoms with Crippen molar-refractivity contribution in [2.24, 2.45) is 5.84 Å². The van der Waals surface area contributed by atoms with Gasteiger partial charge < -0.3 is 9.67 Å². The number of aliphatic hydroxyl groups is 1. The monoisotopic (exact) mass is 307 g/mol. The first-order chi connectivity index (χ1) is 10.4. The second-order valence-electron chi connectivity index (χ2n) is 5.04. The van der Waals surface area contributed by atoms with E-state index in [9.17, 15) is 9.90 Å². The lowest BCUT2D eigenvalue weighted by atomic mass is 10.3. The van der Waals surface area contributed by atoms with Gasteiger partial charge in [0.05, 0.1) is 18.3 Å². The number of aromatic nitrogens is 2. The van der Waals surface area contributed by atoms with Crippen molar-refractivity contribution in [1.82, 2.24) is 30.5 Å². The average molecular weight is 307 g/mol. The van der Waals surface area contributed by atoms with Gasteiger partial charge in [-0.3, -0.25) is 20.7 Å². The zero-order valence-corrected chi connectivity index (χ0v) is 12.7. The molecule has 1 unspecified atom stereocenters. The lowest BCUT2D eigenvalue weighted by Gasteiger charge is -2.23. The van der Waals surface area contributed by atoms with Gasteiger partial charge in [0.25, 0.3) is 5.91 Å². The standard InChI is InChI=1S/C13H21N7O2/c1-4-19-6-10(15-12(19)5-9(2)21)7-20-8-11(13(22)16-14)17-18(20)3/h4,6,8-9,17,21H,1,5,7,14H2,2-3H3,(H,16,22). The van der Waals surface area contributed by atoms with Crippen molar-refractivity contribution in [3.05, 3.63) is 36.2 Å². The number of nitrogens with two attached hydrogens (primary N) is 1. The van der Waals surface area contributed by atoms with E-state index in [1.165, 1.54) is 0 Å². The van der Waals surface area contributed by atoms with E-state index >= 15 is 0 Å². The van der Waals surface area contributed by atoms with Crippen LogP contribution in [0.25, 0.3) is 6.20 Å². The normalized spacial score (nSPS) is 16.2. The first kappa shape index (κ1) is 16.0. The molecule has 120 valence electrons. The molecule has 0 fully saturated rings. The van der Waals surface area contributed by atoms with Gasteiger partial charge in [0, 0.05) is 32.1 Å². The van der Waals surface area contributed by atoms with Crippen molar-refractivity contribution in [3.63, 3.8) is 0 Å². The first-order valence-electron chi connectivity index (χ1n) is 6.81. The van der Waals surface area contributed by atoms with E-state index in [1.54, 1.807) is 41.1 Å². The zero-order valence-electron chi connectivity index (χ0n) is 12.7. The highest BCUT2D eigenvalue weighted by Gasteiger charge is 2.23. The summed E-state index contributed by atoms with van der Waals surface area (Å²) in [6.45, 7) is 5.90. The van der Waals surface area contributed by atoms with Gasteiger partial charge >= 0.3 is 0 Å². The molecule has 1 aromatic heterocycles. The van der Waals surface area contributed by atoms with Gasteiger partial charge in [0.1, 0.15) is 11.5 Å². The van der Waals surface area contributed by atoms with Gasteiger partial charge in [0.2, 0.25) is 0 Å². The molecule has 1 aliphatic heterocycles. The van der Waals surface area contributed by atoms with Crippen LogP contribution in [0.4, 0.5) is 0 Å². The number of hydrogen-bond acceptors (Lipinski definition) is 7. The zero-order chi connectivity index (χ0) is 16.3. The summed E-state index contributed by atoms with van der Waals surface area (Å²) in [6, 6.07) is 0. The van der Waals surface area contributed by atoms with Crippen LogP contribution in [-0.4, -0.2) is 43.8 Å². The highest BCUT2D eigenvalue weighted by Crippen LogP contribution is 2.14. The van der Waals surface area contributed by atoms with Gasteiger partial charge in [-0.1, -0.05) is 6.58 Å². The summed E-state index contributed by atoms with van der Waals surface area (Å²) in [5, 5.41) is 12.9. The molecule has 0 radical (unpaired) electrons. The molecule has 0 bridgehead atoms. The molecule has 1 atom stereocenters. The molecule has 0 aliphatic carbocycles. The van der Waals surface area contributed by atoms with Crippen LogP contribution in [-0.2, 0) is 17.8 Å². The number of nitrogens with one attached hydrogen (secondary N) is 2. The Labute approximate surface area is 128 Å². The third-order valence-corrected chi connectivity index (χ3v) is 3.18. The summed E-state index contributed by atoms with van der Waals surface area (Å²) in [6.07, 6.45) is 5.08. The largest absolute Gasteiger partial charge is 0.393 e. The molecule has 0 aromatic carbocycles. The molecule has 1 amide bonds. The Morgan fingerprint density at radius 3 is 3.00 bits per heavy atom. The van der Waals surface area contributed by atoms with Gasteiger partial charge in [-0.25, -0.2) is 10.8 Å². The summed E-state index contributed by atoms with van der Waals surface area (Å²) in [5.41, 5.74) is 6.08. The van der Waals surface area contributed by atoms with Gasteiger partial charge in [-0.2, -0.15) is 0 Å². The Morgan fingerprint density at radius 2 is 2.41 bits per heavy atom. The Balaban J connectivity index is 2.13. The molecule has 1 aromatic rings. The lowest BCUT2D eigenvalue weighted by Crippen LogP contribution is -2.41. The van der Waals surface area contributed by atoms with Crippen molar-refractivity contribution in [2.75, 3.05) is 7.05 Å². The molecule has 0 spiro atoms. The Morgan fingerprint density at radius 1 is 1.68 bits per heavy atom. The van der Waals surface area contributed by atoms with E-state index in [0.29, 0.717) is 18.7 Å². The number of rotatable bonds is 6. The maximum absolute atomic E-state index is 11.5. The summed E-state index contributed by atoms with van der Waals surface area (Å²) in [4.78, 5) is 16.0. The highest BCUT2D eigenvalue weighted by molar-refractivity contribution is 5.92. The summed E-state index contributed by atoms with van der Waals surface area (Å²) in [5.74, 6) is 5.45. The quantitative estimate of drug-likeness (QED) is 0.300. The number of imidazole rings is 1. The van der Waals surface area contributed by atoms with E-state index in [2.05, 4.69) is 22.4 Å². The molecule has 0 saturated heterocycles. The number of amides is 1. The number of carbonyl (C=O) groups excluding carboxylic acids is 1. The fourth-order valence-electron chi connectivity index (χ4n) is 2.14. The number of nitrogens with zero attached hydrogens (tertiary/aromatic N) is 4. The van der Waals surface area contributed by atoms with Crippen LogP contribution in [0.2, 0.25) is 0 Å². The minimum absolute atomic E-state index is 0.345. The first-order valence-corrected chi connectivity index (χ1v) is 6.81. The predicted octanol–water partition coefficient (Wildman–Crippen LogP) is -1.09. The van der Waals surface area contributed by atoms with Gasteiger partial charge in [-0.15, -0.1) is 5.12 Å². The van der Waals surface area contributed by atoms with E-state index in [0.717, 1.165) is 11.5 Å². The number of hydrogen-bond donors (Lipinski definition) is 4. The number of hydrazine groups is 3. The molecule has 9 nitrogen and oxygen atoms in total. The SMILES string of the molecule is C=Cn1cc(CN2C=C(C(=O)NN)NN2C)nc1CC(C)O. The van der Waals surface area contributed by atoms with Crippen LogP contribution in [0.5, 0.6) is 0 Å². The fourth-order valence-corrected chi connectivity index (χ4v) is 2.14. The van der Waals surface area contributed by atoms with Gasteiger partial charge in [-0.05, 0) is 6.92 Å². The fraction of sp³-hybridized carbons (Fsp3) is 0.385. The molecule has 0 saturated carbocycles. The Bertz CT molecular complexity index is 593. The predicted molar refractivity (Wildman–Crippen MR) is 80.9 cm³/mol. The summed E-state index contributed by atoms with van der Waals surface area (Å²) < 4.78 is 1.78. The van der Waals surface area contributed by atoms with Crippen molar-refractivity contribution in [3.8, 4) is 0 Å². The van der Waals surface area contributed by atoms with E-state index in [4.69, 9.17) is 5.84 Å². The van der Waals surface area contributed by atoms with E-state index in [1.807, 2.05) is 6.20 Å². The molecule has 5 N–H and O–H groups in total. The maximum Gasteiger partial charge on any atom is 0.284 e. The third kappa shape index (κ3) is 3.45. The smallest absolute Gasteiger partial charge is 0.284 e. The van der Waals surface area contributed by atoms with Crippen LogP contribution >= 0.6 is 0 Å². The van der Waals surface area contributed by atoms with Crippen molar-refractivity contribution >= 4 is 12.1 Å². The Kier molecular flexibility index (Phi) is 4.81. The maximum atomic E-state index is 11.5. The van der Waals surface area contributed by atoms with Crippen LogP contribution in [0.15, 0.2) is 24.7 Å². The summed E-state index contributed by atoms with van der Waals surface area (Å²) in [7, 11) is 1.77. The topological polar surface area (TPSA) is 112 Å². The van der Waals surface area contributed by atoms with E-state index < -0.39 is 12.0 Å². The lowest BCUT2D eigenvalue weighted by molar-refractivity contribution is -0.118.